The Kier molecular flexibility index (Phi) is 4.01. The largest absolute Gasteiger partial charge is 0.320 e. The van der Waals surface area contributed by atoms with E-state index in [1.165, 1.54) is 0 Å². The number of nitrogens with zero attached hydrogens (tertiary/aromatic N) is 1. The molecule has 2 aromatic carbocycles. The molecule has 1 N–H and O–H groups in total. The normalized spacial score (nSPS) is 10.3. The summed E-state index contributed by atoms with van der Waals surface area (Å²) < 4.78 is 0. The van der Waals surface area contributed by atoms with Crippen LogP contribution in [0.2, 0.25) is 5.02 Å². The van der Waals surface area contributed by atoms with Crippen molar-refractivity contribution in [1.29, 1.82) is 5.26 Å². The van der Waals surface area contributed by atoms with Crippen LogP contribution in [0.5, 0.6) is 0 Å². The van der Waals surface area contributed by atoms with E-state index in [1.807, 2.05) is 49.4 Å². The molecule has 3 nitrogen and oxygen atoms in total. The summed E-state index contributed by atoms with van der Waals surface area (Å²) in [4.78, 5) is 14.9. The highest BCUT2D eigenvalue weighted by Crippen LogP contribution is 2.31. The molecule has 0 spiro atoms. The topological polar surface area (TPSA) is 56.6 Å². The summed E-state index contributed by atoms with van der Waals surface area (Å²) in [6.45, 7) is 2.01. The first-order valence-electron chi connectivity index (χ1n) is 7.09. The second-order valence-corrected chi connectivity index (χ2v) is 5.72. The molecule has 0 aliphatic carbocycles. The minimum Gasteiger partial charge on any atom is -0.320 e. The van der Waals surface area contributed by atoms with Crippen molar-refractivity contribution in [2.75, 3.05) is 0 Å². The maximum atomic E-state index is 12.0. The molecule has 0 unspecified atom stereocenters. The number of pyridine rings is 1. The number of halogens is 1. The molecular formula is C19H13ClN2O. The quantitative estimate of drug-likeness (QED) is 0.753. The van der Waals surface area contributed by atoms with Crippen LogP contribution in [0.25, 0.3) is 22.4 Å². The third kappa shape index (κ3) is 3.03. The van der Waals surface area contributed by atoms with Crippen molar-refractivity contribution >= 4 is 11.6 Å². The minimum absolute atomic E-state index is 0.0887. The number of H-pyrrole nitrogens is 1. The Labute approximate surface area is 138 Å². The summed E-state index contributed by atoms with van der Waals surface area (Å²) in [6, 6.07) is 18.7. The lowest BCUT2D eigenvalue weighted by atomic mass is 9.97. The standard InChI is InChI=1S/C19H13ClN2O/c1-12-2-4-14(5-3-12)18-17(10-15(11-21)19(23)22-18)13-6-8-16(20)9-7-13/h2-10H,1H3,(H,22,23). The van der Waals surface area contributed by atoms with Gasteiger partial charge in [-0.15, -0.1) is 0 Å². The predicted octanol–water partition coefficient (Wildman–Crippen LogP) is 4.54. The molecule has 23 heavy (non-hydrogen) atoms. The molecule has 0 aliphatic heterocycles. The number of hydrogen-bond acceptors (Lipinski definition) is 2. The minimum atomic E-state index is -0.388. The number of hydrogen-bond donors (Lipinski definition) is 1. The van der Waals surface area contributed by atoms with Crippen LogP contribution in [0.1, 0.15) is 11.1 Å². The van der Waals surface area contributed by atoms with Crippen molar-refractivity contribution in [3.05, 3.63) is 81.1 Å². The van der Waals surface area contributed by atoms with Crippen LogP contribution < -0.4 is 5.56 Å². The third-order valence-electron chi connectivity index (χ3n) is 3.66. The zero-order valence-corrected chi connectivity index (χ0v) is 13.2. The highest BCUT2D eigenvalue weighted by molar-refractivity contribution is 6.30. The van der Waals surface area contributed by atoms with E-state index >= 15 is 0 Å². The fourth-order valence-electron chi connectivity index (χ4n) is 2.42. The molecule has 0 fully saturated rings. The maximum Gasteiger partial charge on any atom is 0.266 e. The molecule has 0 atom stereocenters. The van der Waals surface area contributed by atoms with Gasteiger partial charge in [-0.05, 0) is 36.2 Å². The van der Waals surface area contributed by atoms with E-state index in [0.717, 1.165) is 22.3 Å². The van der Waals surface area contributed by atoms with E-state index in [9.17, 15) is 4.79 Å². The van der Waals surface area contributed by atoms with Gasteiger partial charge in [0.15, 0.2) is 0 Å². The van der Waals surface area contributed by atoms with Gasteiger partial charge in [-0.25, -0.2) is 0 Å². The fourth-order valence-corrected chi connectivity index (χ4v) is 2.54. The lowest BCUT2D eigenvalue weighted by Gasteiger charge is -2.11. The molecule has 0 aliphatic rings. The van der Waals surface area contributed by atoms with Gasteiger partial charge in [0.05, 0.1) is 5.69 Å². The van der Waals surface area contributed by atoms with Crippen molar-refractivity contribution in [1.82, 2.24) is 4.98 Å². The molecule has 0 amide bonds. The van der Waals surface area contributed by atoms with Gasteiger partial charge in [0.1, 0.15) is 11.6 Å². The van der Waals surface area contributed by atoms with E-state index in [0.29, 0.717) is 10.7 Å². The smallest absolute Gasteiger partial charge is 0.266 e. The van der Waals surface area contributed by atoms with Crippen LogP contribution in [-0.2, 0) is 0 Å². The molecule has 0 saturated carbocycles. The zero-order chi connectivity index (χ0) is 16.4. The monoisotopic (exact) mass is 320 g/mol. The van der Waals surface area contributed by atoms with Gasteiger partial charge < -0.3 is 4.98 Å². The van der Waals surface area contributed by atoms with Gasteiger partial charge in [-0.3, -0.25) is 4.79 Å². The molecule has 4 heteroatoms. The number of nitriles is 1. The molecule has 1 heterocycles. The molecule has 0 saturated heterocycles. The molecule has 1 aromatic heterocycles. The summed E-state index contributed by atoms with van der Waals surface area (Å²) in [5, 5.41) is 9.78. The van der Waals surface area contributed by atoms with E-state index in [-0.39, 0.29) is 11.1 Å². The molecule has 0 bridgehead atoms. The third-order valence-corrected chi connectivity index (χ3v) is 3.91. The highest BCUT2D eigenvalue weighted by atomic mass is 35.5. The van der Waals surface area contributed by atoms with E-state index in [1.54, 1.807) is 18.2 Å². The summed E-state index contributed by atoms with van der Waals surface area (Å²) in [7, 11) is 0. The molecule has 112 valence electrons. The number of benzene rings is 2. The van der Waals surface area contributed by atoms with Crippen molar-refractivity contribution in [2.24, 2.45) is 0 Å². The second kappa shape index (κ2) is 6.12. The maximum absolute atomic E-state index is 12.0. The van der Waals surface area contributed by atoms with Crippen LogP contribution >= 0.6 is 11.6 Å². The number of rotatable bonds is 2. The van der Waals surface area contributed by atoms with E-state index in [4.69, 9.17) is 16.9 Å². The van der Waals surface area contributed by atoms with Crippen molar-refractivity contribution in [3.63, 3.8) is 0 Å². The van der Waals surface area contributed by atoms with Gasteiger partial charge in [-0.1, -0.05) is 53.6 Å². The van der Waals surface area contributed by atoms with Crippen LogP contribution in [0.15, 0.2) is 59.4 Å². The number of aromatic nitrogens is 1. The van der Waals surface area contributed by atoms with Crippen LogP contribution in [-0.4, -0.2) is 4.98 Å². The van der Waals surface area contributed by atoms with E-state index in [2.05, 4.69) is 4.98 Å². The van der Waals surface area contributed by atoms with Crippen molar-refractivity contribution in [3.8, 4) is 28.5 Å². The van der Waals surface area contributed by atoms with Crippen molar-refractivity contribution < 1.29 is 0 Å². The summed E-state index contributed by atoms with van der Waals surface area (Å²) in [6.07, 6.45) is 0. The summed E-state index contributed by atoms with van der Waals surface area (Å²) in [5.74, 6) is 0. The Morgan fingerprint density at radius 3 is 2.22 bits per heavy atom. The average Bonchev–Trinajstić information content (AvgIpc) is 2.56. The van der Waals surface area contributed by atoms with Gasteiger partial charge in [-0.2, -0.15) is 5.26 Å². The Bertz CT molecular complexity index is 949. The second-order valence-electron chi connectivity index (χ2n) is 5.29. The van der Waals surface area contributed by atoms with Gasteiger partial charge in [0.25, 0.3) is 5.56 Å². The first kappa shape index (κ1) is 15.1. The lowest BCUT2D eigenvalue weighted by molar-refractivity contribution is 1.22. The Hall–Kier alpha value is -2.83. The zero-order valence-electron chi connectivity index (χ0n) is 12.4. The Morgan fingerprint density at radius 2 is 1.61 bits per heavy atom. The van der Waals surface area contributed by atoms with Crippen molar-refractivity contribution in [2.45, 2.75) is 6.92 Å². The molecule has 3 rings (SSSR count). The first-order chi connectivity index (χ1) is 11.1. The first-order valence-corrected chi connectivity index (χ1v) is 7.46. The SMILES string of the molecule is Cc1ccc(-c2[nH]c(=O)c(C#N)cc2-c2ccc(Cl)cc2)cc1. The van der Waals surface area contributed by atoms with Gasteiger partial charge >= 0.3 is 0 Å². The van der Waals surface area contributed by atoms with Gasteiger partial charge in [0, 0.05) is 10.6 Å². The molecule has 0 radical (unpaired) electrons. The number of aryl methyl sites for hydroxylation is 1. The van der Waals surface area contributed by atoms with Crippen LogP contribution in [0.4, 0.5) is 0 Å². The summed E-state index contributed by atoms with van der Waals surface area (Å²) >= 11 is 5.95. The average molecular weight is 321 g/mol. The number of nitrogens with one attached hydrogen (secondary N) is 1. The Morgan fingerprint density at radius 1 is 1.00 bits per heavy atom. The molecular weight excluding hydrogens is 308 g/mol. The molecule has 3 aromatic rings. The highest BCUT2D eigenvalue weighted by Gasteiger charge is 2.12. The number of aromatic amines is 1. The van der Waals surface area contributed by atoms with E-state index < -0.39 is 0 Å². The predicted molar refractivity (Wildman–Crippen MR) is 92.4 cm³/mol. The van der Waals surface area contributed by atoms with Crippen LogP contribution in [0.3, 0.4) is 0 Å². The lowest BCUT2D eigenvalue weighted by Crippen LogP contribution is -2.11. The fraction of sp³-hybridized carbons (Fsp3) is 0.0526. The van der Waals surface area contributed by atoms with Crippen LogP contribution in [0, 0.1) is 18.3 Å². The Balaban J connectivity index is 2.27. The summed E-state index contributed by atoms with van der Waals surface area (Å²) in [5.41, 5.74) is 4.10. The van der Waals surface area contributed by atoms with Gasteiger partial charge in [0.2, 0.25) is 0 Å².